The summed E-state index contributed by atoms with van der Waals surface area (Å²) in [6.45, 7) is 0.408. The lowest BCUT2D eigenvalue weighted by Gasteiger charge is -2.23. The molecule has 1 aromatic rings. The number of aliphatic hydroxyl groups excluding tert-OH is 2. The molecule has 2 heterocycles. The van der Waals surface area contributed by atoms with E-state index in [4.69, 9.17) is 4.74 Å². The van der Waals surface area contributed by atoms with Gasteiger partial charge in [-0.1, -0.05) is 0 Å². The van der Waals surface area contributed by atoms with Gasteiger partial charge in [-0.3, -0.25) is 19.1 Å². The summed E-state index contributed by atoms with van der Waals surface area (Å²) in [5.41, 5.74) is -2.45. The smallest absolute Gasteiger partial charge is 0.330 e. The fraction of sp³-hybridized carbons (Fsp3) is 0.545. The third kappa shape index (κ3) is 2.25. The van der Waals surface area contributed by atoms with Crippen LogP contribution in [0.4, 0.5) is 0 Å². The van der Waals surface area contributed by atoms with Crippen LogP contribution in [0.25, 0.3) is 0 Å². The number of rotatable bonds is 3. The average molecular weight is 270 g/mol. The second-order valence-corrected chi connectivity index (χ2v) is 4.59. The maximum atomic E-state index is 11.9. The third-order valence-electron chi connectivity index (χ3n) is 3.11. The summed E-state index contributed by atoms with van der Waals surface area (Å²) in [5, 5.41) is 18.4. The lowest BCUT2D eigenvalue weighted by Crippen LogP contribution is -2.39. The number of Topliss-reactive ketones (excluding diaryl/α,β-unsaturated/α-hetero) is 1. The summed E-state index contributed by atoms with van der Waals surface area (Å²) in [5.74, 6) is -0.448. The van der Waals surface area contributed by atoms with Crippen molar-refractivity contribution in [1.29, 1.82) is 0 Å². The van der Waals surface area contributed by atoms with Crippen molar-refractivity contribution < 1.29 is 19.7 Å². The van der Waals surface area contributed by atoms with Crippen LogP contribution in [-0.2, 0) is 9.53 Å². The normalized spacial score (nSPS) is 21.8. The Kier molecular flexibility index (Phi) is 3.40. The molecule has 0 aromatic carbocycles. The van der Waals surface area contributed by atoms with Gasteiger partial charge in [-0.15, -0.1) is 0 Å². The molecule has 0 aliphatic carbocycles. The van der Waals surface area contributed by atoms with Gasteiger partial charge >= 0.3 is 5.69 Å². The van der Waals surface area contributed by atoms with Gasteiger partial charge in [0, 0.05) is 18.2 Å². The van der Waals surface area contributed by atoms with Gasteiger partial charge in [-0.2, -0.15) is 0 Å². The van der Waals surface area contributed by atoms with Gasteiger partial charge in [0.15, 0.2) is 12.0 Å². The number of H-pyrrole nitrogens is 1. The minimum Gasteiger partial charge on any atom is -0.393 e. The first kappa shape index (κ1) is 13.7. The van der Waals surface area contributed by atoms with E-state index in [1.165, 1.54) is 13.1 Å². The number of ether oxygens (including phenoxy) is 1. The number of hydrogen-bond acceptors (Lipinski definition) is 6. The first-order chi connectivity index (χ1) is 8.92. The fourth-order valence-electron chi connectivity index (χ4n) is 1.96. The Morgan fingerprint density at radius 1 is 1.42 bits per heavy atom. The van der Waals surface area contributed by atoms with Crippen LogP contribution >= 0.6 is 0 Å². The molecule has 8 heteroatoms. The van der Waals surface area contributed by atoms with Crippen LogP contribution in [0, 0.1) is 6.92 Å². The number of aryl methyl sites for hydroxylation is 1. The number of aromatic amines is 1. The van der Waals surface area contributed by atoms with Crippen LogP contribution in [0.2, 0.25) is 0 Å². The second-order valence-electron chi connectivity index (χ2n) is 4.59. The van der Waals surface area contributed by atoms with E-state index >= 15 is 0 Å². The molecule has 0 saturated carbocycles. The highest BCUT2D eigenvalue weighted by molar-refractivity contribution is 5.84. The van der Waals surface area contributed by atoms with Crippen molar-refractivity contribution >= 4 is 5.78 Å². The van der Waals surface area contributed by atoms with Crippen molar-refractivity contribution in [3.05, 3.63) is 32.6 Å². The Hall–Kier alpha value is -1.77. The number of ketones is 1. The van der Waals surface area contributed by atoms with Gasteiger partial charge < -0.3 is 14.9 Å². The number of carbonyl (C=O) groups excluding carboxylic acids is 1. The molecule has 8 nitrogen and oxygen atoms in total. The van der Waals surface area contributed by atoms with Crippen LogP contribution < -0.4 is 11.2 Å². The van der Waals surface area contributed by atoms with Crippen LogP contribution in [0.1, 0.15) is 18.2 Å². The minimum absolute atomic E-state index is 0.199. The summed E-state index contributed by atoms with van der Waals surface area (Å²) in [6.07, 6.45) is -0.230. The Morgan fingerprint density at radius 3 is 2.58 bits per heavy atom. The quantitative estimate of drug-likeness (QED) is 0.587. The maximum absolute atomic E-state index is 11.9. The summed E-state index contributed by atoms with van der Waals surface area (Å²) < 4.78 is 6.26. The summed E-state index contributed by atoms with van der Waals surface area (Å²) in [4.78, 5) is 36.8. The molecule has 104 valence electrons. The van der Waals surface area contributed by atoms with Crippen LogP contribution in [0.5, 0.6) is 0 Å². The number of nitrogens with zero attached hydrogens (tertiary/aromatic N) is 1. The van der Waals surface area contributed by atoms with Gasteiger partial charge in [0.1, 0.15) is 5.60 Å². The van der Waals surface area contributed by atoms with Crippen LogP contribution in [-0.4, -0.2) is 44.4 Å². The number of nitrogens with one attached hydrogen (secondary N) is 1. The standard InChI is InChI=1S/C11H14N2O6/c1-6-3-13(10(18)12-8(6)17)9-7(16)2-11(4-14,5-15)19-9/h3,9,14-15H,2,4-5H2,1H3,(H,12,17,18)/t9-/m1/s1. The van der Waals surface area contributed by atoms with E-state index in [1.54, 1.807) is 0 Å². The molecule has 1 fully saturated rings. The lowest BCUT2D eigenvalue weighted by atomic mass is 10.0. The highest BCUT2D eigenvalue weighted by atomic mass is 16.6. The van der Waals surface area contributed by atoms with Gasteiger partial charge in [-0.25, -0.2) is 4.79 Å². The van der Waals surface area contributed by atoms with Crippen molar-refractivity contribution in [2.45, 2.75) is 25.2 Å². The number of aliphatic hydroxyl groups is 2. The van der Waals surface area contributed by atoms with E-state index in [2.05, 4.69) is 4.98 Å². The van der Waals surface area contributed by atoms with E-state index in [0.29, 0.717) is 0 Å². The van der Waals surface area contributed by atoms with Gasteiger partial charge in [0.05, 0.1) is 13.2 Å². The molecule has 0 amide bonds. The molecule has 19 heavy (non-hydrogen) atoms. The van der Waals surface area contributed by atoms with Crippen molar-refractivity contribution in [1.82, 2.24) is 9.55 Å². The topological polar surface area (TPSA) is 122 Å². The minimum atomic E-state index is -1.38. The zero-order valence-corrected chi connectivity index (χ0v) is 10.3. The van der Waals surface area contributed by atoms with Gasteiger partial charge in [0.25, 0.3) is 5.56 Å². The van der Waals surface area contributed by atoms with E-state index in [0.717, 1.165) is 4.57 Å². The van der Waals surface area contributed by atoms with E-state index < -0.39 is 42.1 Å². The summed E-state index contributed by atoms with van der Waals surface area (Å²) in [7, 11) is 0. The highest BCUT2D eigenvalue weighted by Crippen LogP contribution is 2.32. The zero-order chi connectivity index (χ0) is 14.2. The first-order valence-electron chi connectivity index (χ1n) is 5.67. The Labute approximate surface area is 107 Å². The van der Waals surface area contributed by atoms with Crippen molar-refractivity contribution in [2.24, 2.45) is 0 Å². The largest absolute Gasteiger partial charge is 0.393 e. The zero-order valence-electron chi connectivity index (χ0n) is 10.3. The molecule has 1 aliphatic heterocycles. The molecule has 3 N–H and O–H groups in total. The third-order valence-corrected chi connectivity index (χ3v) is 3.11. The molecule has 1 atom stereocenters. The predicted molar refractivity (Wildman–Crippen MR) is 62.7 cm³/mol. The SMILES string of the molecule is Cc1cn([C@@H]2OC(CO)(CO)CC2=O)c(=O)[nH]c1=O. The highest BCUT2D eigenvalue weighted by Gasteiger charge is 2.46. The number of aromatic nitrogens is 2. The molecule has 0 spiro atoms. The van der Waals surface area contributed by atoms with Crippen LogP contribution in [0.15, 0.2) is 15.8 Å². The van der Waals surface area contributed by atoms with Crippen molar-refractivity contribution in [3.63, 3.8) is 0 Å². The van der Waals surface area contributed by atoms with E-state index in [9.17, 15) is 24.6 Å². The molecule has 0 radical (unpaired) electrons. The summed E-state index contributed by atoms with van der Waals surface area (Å²) in [6, 6.07) is 0. The lowest BCUT2D eigenvalue weighted by molar-refractivity contribution is -0.138. The fourth-order valence-corrected chi connectivity index (χ4v) is 1.96. The Balaban J connectivity index is 2.44. The Bertz CT molecular complexity index is 612. The van der Waals surface area contributed by atoms with Crippen molar-refractivity contribution in [3.8, 4) is 0 Å². The maximum Gasteiger partial charge on any atom is 0.330 e. The summed E-state index contributed by atoms with van der Waals surface area (Å²) >= 11 is 0. The van der Waals surface area contributed by atoms with Gasteiger partial charge in [-0.05, 0) is 6.92 Å². The monoisotopic (exact) mass is 270 g/mol. The molecule has 2 rings (SSSR count). The van der Waals surface area contributed by atoms with Crippen LogP contribution in [0.3, 0.4) is 0 Å². The second kappa shape index (κ2) is 4.72. The van der Waals surface area contributed by atoms with E-state index in [-0.39, 0.29) is 12.0 Å². The molecule has 0 bridgehead atoms. The first-order valence-corrected chi connectivity index (χ1v) is 5.67. The molecule has 1 saturated heterocycles. The average Bonchev–Trinajstić information content (AvgIpc) is 2.72. The molecular weight excluding hydrogens is 256 g/mol. The molecule has 1 aromatic heterocycles. The predicted octanol–water partition coefficient (Wildman–Crippen LogP) is -1.94. The Morgan fingerprint density at radius 2 is 2.05 bits per heavy atom. The van der Waals surface area contributed by atoms with E-state index in [1.807, 2.05) is 0 Å². The van der Waals surface area contributed by atoms with Gasteiger partial charge in [0.2, 0.25) is 0 Å². The molecule has 1 aliphatic rings. The molecule has 0 unspecified atom stereocenters. The number of carbonyl (C=O) groups is 1. The van der Waals surface area contributed by atoms with Crippen molar-refractivity contribution in [2.75, 3.05) is 13.2 Å². The molecular formula is C11H14N2O6. The number of hydrogen-bond donors (Lipinski definition) is 3.